The molecule has 1 heterocycles. The van der Waals surface area contributed by atoms with E-state index in [1.807, 2.05) is 0 Å². The van der Waals surface area contributed by atoms with Crippen LogP contribution in [0.1, 0.15) is 38.0 Å². The highest BCUT2D eigenvalue weighted by Gasteiger charge is 2.36. The topological polar surface area (TPSA) is 153 Å². The van der Waals surface area contributed by atoms with Crippen LogP contribution in [0.2, 0.25) is 0 Å². The minimum Gasteiger partial charge on any atom is -0.449 e. The number of nitrogens with one attached hydrogen (secondary N) is 1. The number of carbonyl (C=O) groups excluding carboxylic acids is 4. The molecule has 0 radical (unpaired) electrons. The van der Waals surface area contributed by atoms with E-state index in [1.165, 1.54) is 55.5 Å². The van der Waals surface area contributed by atoms with E-state index < -0.39 is 39.8 Å². The Bertz CT molecular complexity index is 1450. The summed E-state index contributed by atoms with van der Waals surface area (Å²) in [6, 6.07) is 17.4. The molecule has 35 heavy (non-hydrogen) atoms. The maximum absolute atomic E-state index is 12.7. The molecule has 10 nitrogen and oxygen atoms in total. The minimum absolute atomic E-state index is 0.0231. The highest BCUT2D eigenvalue weighted by atomic mass is 32.2. The SMILES string of the molecule is CC(OC(=O)c1cccc(N2C(=O)c3ccccc3C2=O)c1)C(=O)Nc1cccc(S(N)(=O)=O)c1. The summed E-state index contributed by atoms with van der Waals surface area (Å²) in [5.41, 5.74) is 0.888. The molecule has 0 fully saturated rings. The fourth-order valence-corrected chi connectivity index (χ4v) is 4.03. The van der Waals surface area contributed by atoms with Crippen LogP contribution in [-0.2, 0) is 19.6 Å². The summed E-state index contributed by atoms with van der Waals surface area (Å²) in [6.07, 6.45) is -1.25. The first-order chi connectivity index (χ1) is 16.6. The van der Waals surface area contributed by atoms with E-state index in [1.54, 1.807) is 24.3 Å². The van der Waals surface area contributed by atoms with Crippen LogP contribution in [0.25, 0.3) is 0 Å². The van der Waals surface area contributed by atoms with Crippen LogP contribution in [-0.4, -0.2) is 38.2 Å². The standard InChI is InChI=1S/C24H19N3O7S/c1-14(21(28)26-16-7-5-9-18(13-16)35(25,32)33)34-24(31)15-6-4-8-17(12-15)27-22(29)19-10-2-3-11-20(19)23(27)30/h2-14H,1H3,(H,26,28)(H2,25,32,33). The Labute approximate surface area is 200 Å². The summed E-state index contributed by atoms with van der Waals surface area (Å²) < 4.78 is 28.2. The van der Waals surface area contributed by atoms with Crippen LogP contribution >= 0.6 is 0 Å². The molecule has 4 rings (SSSR count). The van der Waals surface area contributed by atoms with Gasteiger partial charge in [-0.3, -0.25) is 14.4 Å². The third kappa shape index (κ3) is 4.81. The van der Waals surface area contributed by atoms with Gasteiger partial charge in [-0.2, -0.15) is 0 Å². The Kier molecular flexibility index (Phi) is 6.20. The molecule has 3 amide bonds. The number of rotatable bonds is 6. The van der Waals surface area contributed by atoms with Crippen LogP contribution in [0.3, 0.4) is 0 Å². The molecular weight excluding hydrogens is 474 g/mol. The Morgan fingerprint density at radius 2 is 1.54 bits per heavy atom. The highest BCUT2D eigenvalue weighted by molar-refractivity contribution is 7.89. The second kappa shape index (κ2) is 9.12. The molecule has 0 saturated heterocycles. The van der Waals surface area contributed by atoms with Crippen molar-refractivity contribution < 1.29 is 32.3 Å². The molecule has 3 aromatic carbocycles. The van der Waals surface area contributed by atoms with Crippen molar-refractivity contribution in [1.29, 1.82) is 0 Å². The molecule has 1 unspecified atom stereocenters. The fourth-order valence-electron chi connectivity index (χ4n) is 3.47. The first-order valence-electron chi connectivity index (χ1n) is 10.3. The lowest BCUT2D eigenvalue weighted by Crippen LogP contribution is -2.31. The number of sulfonamides is 1. The number of hydrogen-bond acceptors (Lipinski definition) is 7. The first-order valence-corrected chi connectivity index (χ1v) is 11.8. The average Bonchev–Trinajstić information content (AvgIpc) is 3.08. The number of hydrogen-bond donors (Lipinski definition) is 2. The highest BCUT2D eigenvalue weighted by Crippen LogP contribution is 2.29. The minimum atomic E-state index is -3.96. The molecule has 3 aromatic rings. The number of esters is 1. The number of amides is 3. The number of nitrogens with zero attached hydrogens (tertiary/aromatic N) is 1. The van der Waals surface area contributed by atoms with Crippen molar-refractivity contribution in [3.8, 4) is 0 Å². The molecule has 3 N–H and O–H groups in total. The maximum Gasteiger partial charge on any atom is 0.338 e. The van der Waals surface area contributed by atoms with E-state index in [9.17, 15) is 27.6 Å². The maximum atomic E-state index is 12.7. The summed E-state index contributed by atoms with van der Waals surface area (Å²) in [5.74, 6) is -2.58. The Hall–Kier alpha value is -4.35. The number of fused-ring (bicyclic) bond motifs is 1. The summed E-state index contributed by atoms with van der Waals surface area (Å²) in [4.78, 5) is 51.3. The Balaban J connectivity index is 1.46. The van der Waals surface area contributed by atoms with Gasteiger partial charge in [0.25, 0.3) is 17.7 Å². The Morgan fingerprint density at radius 1 is 0.914 bits per heavy atom. The van der Waals surface area contributed by atoms with E-state index in [4.69, 9.17) is 9.88 Å². The van der Waals surface area contributed by atoms with Gasteiger partial charge < -0.3 is 10.1 Å². The van der Waals surface area contributed by atoms with Crippen molar-refractivity contribution in [2.24, 2.45) is 5.14 Å². The van der Waals surface area contributed by atoms with Gasteiger partial charge in [-0.25, -0.2) is 23.3 Å². The second-order valence-corrected chi connectivity index (χ2v) is 9.21. The van der Waals surface area contributed by atoms with Crippen molar-refractivity contribution in [2.45, 2.75) is 17.9 Å². The van der Waals surface area contributed by atoms with Crippen molar-refractivity contribution in [3.63, 3.8) is 0 Å². The van der Waals surface area contributed by atoms with Crippen LogP contribution in [0, 0.1) is 0 Å². The lowest BCUT2D eigenvalue weighted by atomic mass is 10.1. The van der Waals surface area contributed by atoms with Gasteiger partial charge in [0.1, 0.15) is 0 Å². The van der Waals surface area contributed by atoms with Gasteiger partial charge in [0.05, 0.1) is 27.3 Å². The number of primary sulfonamides is 1. The molecule has 0 bridgehead atoms. The summed E-state index contributed by atoms with van der Waals surface area (Å²) in [6.45, 7) is 1.34. The van der Waals surface area contributed by atoms with Gasteiger partial charge in [-0.05, 0) is 55.5 Å². The quantitative estimate of drug-likeness (QED) is 0.395. The van der Waals surface area contributed by atoms with Crippen LogP contribution in [0.5, 0.6) is 0 Å². The number of nitrogens with two attached hydrogens (primary N) is 1. The van der Waals surface area contributed by atoms with Gasteiger partial charge in [0, 0.05) is 5.69 Å². The van der Waals surface area contributed by atoms with Crippen LogP contribution in [0.4, 0.5) is 11.4 Å². The number of ether oxygens (including phenoxy) is 1. The molecule has 1 aliphatic heterocycles. The normalized spacial score (nSPS) is 13.8. The number of benzene rings is 3. The van der Waals surface area contributed by atoms with E-state index >= 15 is 0 Å². The second-order valence-electron chi connectivity index (χ2n) is 7.65. The molecule has 1 aliphatic rings. The third-order valence-electron chi connectivity index (χ3n) is 5.22. The van der Waals surface area contributed by atoms with E-state index in [0.29, 0.717) is 0 Å². The van der Waals surface area contributed by atoms with Gasteiger partial charge in [0.2, 0.25) is 10.0 Å². The molecule has 178 valence electrons. The zero-order chi connectivity index (χ0) is 25.3. The Morgan fingerprint density at radius 3 is 2.17 bits per heavy atom. The van der Waals surface area contributed by atoms with Crippen LogP contribution < -0.4 is 15.4 Å². The first kappa shape index (κ1) is 23.8. The smallest absolute Gasteiger partial charge is 0.338 e. The van der Waals surface area contributed by atoms with Crippen molar-refractivity contribution in [3.05, 3.63) is 89.5 Å². The van der Waals surface area contributed by atoms with Crippen molar-refractivity contribution in [1.82, 2.24) is 0 Å². The van der Waals surface area contributed by atoms with Crippen LogP contribution in [0.15, 0.2) is 77.7 Å². The van der Waals surface area contributed by atoms with Gasteiger partial charge in [0.15, 0.2) is 6.10 Å². The van der Waals surface area contributed by atoms with Gasteiger partial charge >= 0.3 is 5.97 Å². The molecule has 11 heteroatoms. The molecule has 0 aromatic heterocycles. The average molecular weight is 493 g/mol. The molecule has 0 aliphatic carbocycles. The molecule has 0 saturated carbocycles. The number of anilines is 2. The van der Waals surface area contributed by atoms with Gasteiger partial charge in [-0.15, -0.1) is 0 Å². The zero-order valence-corrected chi connectivity index (χ0v) is 19.1. The lowest BCUT2D eigenvalue weighted by Gasteiger charge is -2.16. The number of imide groups is 1. The third-order valence-corrected chi connectivity index (χ3v) is 6.13. The largest absolute Gasteiger partial charge is 0.449 e. The van der Waals surface area contributed by atoms with Crippen molar-refractivity contribution >= 4 is 45.1 Å². The lowest BCUT2D eigenvalue weighted by molar-refractivity contribution is -0.123. The summed E-state index contributed by atoms with van der Waals surface area (Å²) in [5, 5.41) is 7.55. The van der Waals surface area contributed by atoms with E-state index in [-0.39, 0.29) is 33.0 Å². The molecule has 1 atom stereocenters. The summed E-state index contributed by atoms with van der Waals surface area (Å²) in [7, 11) is -3.96. The predicted molar refractivity (Wildman–Crippen MR) is 125 cm³/mol. The monoisotopic (exact) mass is 493 g/mol. The zero-order valence-electron chi connectivity index (χ0n) is 18.3. The molecule has 0 spiro atoms. The van der Waals surface area contributed by atoms with E-state index in [2.05, 4.69) is 5.32 Å². The fraction of sp³-hybridized carbons (Fsp3) is 0.0833. The number of carbonyl (C=O) groups is 4. The summed E-state index contributed by atoms with van der Waals surface area (Å²) >= 11 is 0. The molecular formula is C24H19N3O7S. The van der Waals surface area contributed by atoms with Gasteiger partial charge in [-0.1, -0.05) is 24.3 Å². The van der Waals surface area contributed by atoms with Crippen molar-refractivity contribution in [2.75, 3.05) is 10.2 Å². The predicted octanol–water partition coefficient (Wildman–Crippen LogP) is 2.32. The van der Waals surface area contributed by atoms with E-state index in [0.717, 1.165) is 4.90 Å².